The summed E-state index contributed by atoms with van der Waals surface area (Å²) < 4.78 is 69.0. The number of fused-ring (bicyclic) bond motifs is 1. The van der Waals surface area contributed by atoms with Crippen molar-refractivity contribution >= 4 is 29.9 Å². The molecule has 41 heavy (non-hydrogen) atoms. The molecule has 0 saturated carbocycles. The summed E-state index contributed by atoms with van der Waals surface area (Å²) in [5.41, 5.74) is 3.87. The molecular weight excluding hydrogens is 544 g/mol. The van der Waals surface area contributed by atoms with E-state index in [0.717, 1.165) is 38.9 Å². The van der Waals surface area contributed by atoms with E-state index in [2.05, 4.69) is 11.1 Å². The number of hydrogen-bond donors (Lipinski definition) is 1. The second-order valence-electron chi connectivity index (χ2n) is 8.79. The Balaban J connectivity index is 0.000000714. The number of rotatable bonds is 5. The zero-order valence-electron chi connectivity index (χ0n) is 21.8. The van der Waals surface area contributed by atoms with E-state index in [0.29, 0.717) is 11.5 Å². The van der Waals surface area contributed by atoms with Crippen molar-refractivity contribution in [1.29, 1.82) is 0 Å². The summed E-state index contributed by atoms with van der Waals surface area (Å²) in [6.07, 6.45) is 0. The van der Waals surface area contributed by atoms with E-state index in [4.69, 9.17) is 13.9 Å². The second kappa shape index (κ2) is 12.5. The van der Waals surface area contributed by atoms with Crippen molar-refractivity contribution in [2.45, 2.75) is 6.92 Å². The number of carbonyl (C=O) groups is 1. The van der Waals surface area contributed by atoms with Crippen LogP contribution in [0.4, 0.5) is 27.3 Å². The van der Waals surface area contributed by atoms with Gasteiger partial charge in [-0.15, -0.1) is 0 Å². The summed E-state index contributed by atoms with van der Waals surface area (Å²) >= 11 is 0. The molecule has 1 aromatic heterocycles. The molecule has 0 bridgehead atoms. The van der Waals surface area contributed by atoms with Gasteiger partial charge in [0, 0.05) is 17.7 Å². The highest BCUT2D eigenvalue weighted by atomic mass is 19.5. The molecule has 0 unspecified atom stereocenters. The quantitative estimate of drug-likeness (QED) is 0.116. The summed E-state index contributed by atoms with van der Waals surface area (Å²) in [6, 6.07) is 28.0. The minimum atomic E-state index is -6.00. The maximum Gasteiger partial charge on any atom is 0.673 e. The maximum absolute atomic E-state index is 13.1. The largest absolute Gasteiger partial charge is 0.673 e. The van der Waals surface area contributed by atoms with E-state index in [1.807, 2.05) is 61.5 Å². The predicted molar refractivity (Wildman–Crippen MR) is 145 cm³/mol. The van der Waals surface area contributed by atoms with E-state index >= 15 is 0 Å². The van der Waals surface area contributed by atoms with Gasteiger partial charge in [-0.1, -0.05) is 11.6 Å². The first-order chi connectivity index (χ1) is 19.5. The van der Waals surface area contributed by atoms with Crippen LogP contribution < -0.4 is 19.8 Å². The van der Waals surface area contributed by atoms with Gasteiger partial charge in [-0.25, -0.2) is 14.2 Å². The monoisotopic (exact) mass is 567 g/mol. The zero-order valence-corrected chi connectivity index (χ0v) is 21.8. The van der Waals surface area contributed by atoms with Crippen LogP contribution in [-0.2, 0) is 0 Å². The first-order valence-corrected chi connectivity index (χ1v) is 12.2. The van der Waals surface area contributed by atoms with Crippen LogP contribution >= 0.6 is 0 Å². The van der Waals surface area contributed by atoms with E-state index in [1.165, 1.54) is 24.3 Å². The van der Waals surface area contributed by atoms with Crippen molar-refractivity contribution in [1.82, 2.24) is 0 Å². The van der Waals surface area contributed by atoms with Crippen molar-refractivity contribution in [2.24, 2.45) is 0 Å². The van der Waals surface area contributed by atoms with E-state index in [-0.39, 0.29) is 5.56 Å². The third-order valence-electron chi connectivity index (χ3n) is 5.72. The van der Waals surface area contributed by atoms with Crippen LogP contribution in [0.25, 0.3) is 22.3 Å². The molecule has 0 atom stereocenters. The normalized spacial score (nSPS) is 11.5. The van der Waals surface area contributed by atoms with Crippen LogP contribution in [0.15, 0.2) is 101 Å². The smallest absolute Gasteiger partial charge is 0.497 e. The Labute approximate surface area is 231 Å². The SMILES string of the molecule is COc1ccc(-c2cc(=[NH+]c3ccc(OC(=O)c4ccc(F)cc4)cc3)c3cc(C)ccc3o2)cc1.F[B-](F)(F)F. The second-order valence-corrected chi connectivity index (χ2v) is 8.79. The molecule has 5 rings (SSSR count). The number of benzene rings is 4. The number of halogens is 5. The molecule has 11 heteroatoms. The Morgan fingerprint density at radius 1 is 0.805 bits per heavy atom. The molecule has 1 heterocycles. The molecule has 5 aromatic rings. The average Bonchev–Trinajstić information content (AvgIpc) is 2.94. The summed E-state index contributed by atoms with van der Waals surface area (Å²) in [6.45, 7) is 2.03. The summed E-state index contributed by atoms with van der Waals surface area (Å²) in [7, 11) is -4.37. The van der Waals surface area contributed by atoms with Crippen LogP contribution in [0, 0.1) is 12.7 Å². The van der Waals surface area contributed by atoms with Gasteiger partial charge < -0.3 is 31.2 Å². The lowest BCUT2D eigenvalue weighted by Gasteiger charge is -2.05. The Bertz CT molecular complexity index is 1710. The third kappa shape index (κ3) is 8.28. The van der Waals surface area contributed by atoms with Crippen LogP contribution in [0.5, 0.6) is 11.5 Å². The van der Waals surface area contributed by atoms with Gasteiger partial charge in [0.25, 0.3) is 0 Å². The van der Waals surface area contributed by atoms with E-state index in [9.17, 15) is 26.4 Å². The van der Waals surface area contributed by atoms with Crippen molar-refractivity contribution in [2.75, 3.05) is 7.11 Å². The molecule has 0 saturated heterocycles. The Kier molecular flexibility index (Phi) is 8.86. The Morgan fingerprint density at radius 2 is 1.41 bits per heavy atom. The predicted octanol–water partition coefficient (Wildman–Crippen LogP) is 6.39. The molecular formula is C30H23BF5NO4. The average molecular weight is 567 g/mol. The number of nitrogens with one attached hydrogen (secondary N) is 1. The molecule has 0 amide bonds. The van der Waals surface area contributed by atoms with Crippen LogP contribution in [0.3, 0.4) is 0 Å². The third-order valence-corrected chi connectivity index (χ3v) is 5.72. The first-order valence-electron chi connectivity index (χ1n) is 12.2. The van der Waals surface area contributed by atoms with Crippen molar-refractivity contribution in [3.8, 4) is 22.8 Å². The topological polar surface area (TPSA) is 62.6 Å². The number of carbonyl (C=O) groups excluding carboxylic acids is 1. The van der Waals surface area contributed by atoms with Gasteiger partial charge in [0.1, 0.15) is 28.7 Å². The Hall–Kier alpha value is -4.93. The summed E-state index contributed by atoms with van der Waals surface area (Å²) in [4.78, 5) is 15.8. The van der Waals surface area contributed by atoms with E-state index in [1.54, 1.807) is 19.2 Å². The molecule has 0 aliphatic heterocycles. The highest BCUT2D eigenvalue weighted by molar-refractivity contribution is 6.50. The van der Waals surface area contributed by atoms with Gasteiger partial charge in [0.05, 0.1) is 24.1 Å². The van der Waals surface area contributed by atoms with Crippen molar-refractivity contribution < 1.29 is 45.3 Å². The number of ether oxygens (including phenoxy) is 2. The lowest BCUT2D eigenvalue weighted by molar-refractivity contribution is -0.400. The fraction of sp³-hybridized carbons (Fsp3) is 0.0667. The van der Waals surface area contributed by atoms with Gasteiger partial charge in [-0.3, -0.25) is 0 Å². The van der Waals surface area contributed by atoms with Gasteiger partial charge in [-0.2, -0.15) is 0 Å². The molecule has 0 fully saturated rings. The molecule has 0 aliphatic carbocycles. The molecule has 5 nitrogen and oxygen atoms in total. The van der Waals surface area contributed by atoms with Crippen molar-refractivity contribution in [3.05, 3.63) is 119 Å². The summed E-state index contributed by atoms with van der Waals surface area (Å²) in [5, 5.41) is 1.82. The summed E-state index contributed by atoms with van der Waals surface area (Å²) in [5.74, 6) is 0.909. The first kappa shape index (κ1) is 29.1. The molecule has 210 valence electrons. The van der Waals surface area contributed by atoms with Crippen molar-refractivity contribution in [3.63, 3.8) is 0 Å². The minimum absolute atomic E-state index is 0.277. The maximum atomic E-state index is 13.1. The zero-order chi connectivity index (χ0) is 29.6. The minimum Gasteiger partial charge on any atom is -0.497 e. The van der Waals surface area contributed by atoms with Gasteiger partial charge >= 0.3 is 13.2 Å². The molecule has 4 aromatic carbocycles. The van der Waals surface area contributed by atoms with E-state index < -0.39 is 19.0 Å². The molecule has 1 N–H and O–H groups in total. The molecule has 0 radical (unpaired) electrons. The Morgan fingerprint density at radius 3 is 2.02 bits per heavy atom. The number of hydrogen-bond acceptors (Lipinski definition) is 4. The number of aryl methyl sites for hydroxylation is 1. The lowest BCUT2D eigenvalue weighted by atomic mass is 10.1. The fourth-order valence-corrected chi connectivity index (χ4v) is 3.81. The standard InChI is InChI=1S/C30H22FNO4.BF4/c1-19-3-16-28-26(17-19)27(18-29(36-28)20-6-12-24(34-2)13-7-20)32-23-10-14-25(15-11-23)35-30(33)21-4-8-22(31)9-5-21;2-1(3,4)5/h3-18H,1-2H3;/q;-1/p+1. The van der Waals surface area contributed by atoms with Crippen LogP contribution in [0.2, 0.25) is 0 Å². The number of methoxy groups -OCH3 is 1. The van der Waals surface area contributed by atoms with Gasteiger partial charge in [-0.05, 0) is 79.7 Å². The number of esters is 1. The highest BCUT2D eigenvalue weighted by Gasteiger charge is 2.20. The fourth-order valence-electron chi connectivity index (χ4n) is 3.81. The van der Waals surface area contributed by atoms with Gasteiger partial charge in [0.15, 0.2) is 0 Å². The van der Waals surface area contributed by atoms with Crippen LogP contribution in [-0.4, -0.2) is 20.3 Å². The molecule has 0 spiro atoms. The molecule has 0 aliphatic rings. The van der Waals surface area contributed by atoms with Gasteiger partial charge in [0.2, 0.25) is 11.0 Å². The van der Waals surface area contributed by atoms with Crippen LogP contribution in [0.1, 0.15) is 15.9 Å². The highest BCUT2D eigenvalue weighted by Crippen LogP contribution is 2.24. The lowest BCUT2D eigenvalue weighted by Crippen LogP contribution is -2.70.